The summed E-state index contributed by atoms with van der Waals surface area (Å²) < 4.78 is 5.27. The summed E-state index contributed by atoms with van der Waals surface area (Å²) in [6.45, 7) is -0.0433. The first-order chi connectivity index (χ1) is 9.72. The zero-order valence-electron chi connectivity index (χ0n) is 10.4. The van der Waals surface area contributed by atoms with Crippen molar-refractivity contribution in [1.29, 1.82) is 0 Å². The van der Waals surface area contributed by atoms with Gasteiger partial charge in [0.05, 0.1) is 5.69 Å². The summed E-state index contributed by atoms with van der Waals surface area (Å²) in [6.07, 6.45) is 1.60. The predicted octanol–water partition coefficient (Wildman–Crippen LogP) is 1.66. The number of amides is 2. The second kappa shape index (κ2) is 5.00. The molecule has 6 nitrogen and oxygen atoms in total. The molecule has 2 N–H and O–H groups in total. The Labute approximate surface area is 114 Å². The standard InChI is InChI=1S/C14H11N3O3/c18-13-8-20-11-7-9(4-5-10(11)16-13)14(19)17-12-3-1-2-6-15-12/h1-7H,8H2,(H,16,18)(H,15,17,19). The van der Waals surface area contributed by atoms with E-state index < -0.39 is 0 Å². The van der Waals surface area contributed by atoms with Crippen molar-refractivity contribution in [3.05, 3.63) is 48.2 Å². The first kappa shape index (κ1) is 12.2. The Bertz CT molecular complexity index is 671. The molecule has 0 bridgehead atoms. The van der Waals surface area contributed by atoms with Crippen LogP contribution in [0, 0.1) is 0 Å². The Morgan fingerprint density at radius 1 is 1.30 bits per heavy atom. The Hall–Kier alpha value is -2.89. The van der Waals surface area contributed by atoms with E-state index >= 15 is 0 Å². The van der Waals surface area contributed by atoms with Gasteiger partial charge < -0.3 is 15.4 Å². The fourth-order valence-corrected chi connectivity index (χ4v) is 1.84. The van der Waals surface area contributed by atoms with Crippen molar-refractivity contribution in [1.82, 2.24) is 4.98 Å². The van der Waals surface area contributed by atoms with Crippen molar-refractivity contribution in [2.75, 3.05) is 17.2 Å². The molecule has 0 saturated carbocycles. The van der Waals surface area contributed by atoms with Gasteiger partial charge in [-0.25, -0.2) is 4.98 Å². The summed E-state index contributed by atoms with van der Waals surface area (Å²) in [5.41, 5.74) is 1.00. The Balaban J connectivity index is 1.81. The maximum absolute atomic E-state index is 12.1. The minimum absolute atomic E-state index is 0.0433. The molecule has 0 fully saturated rings. The van der Waals surface area contributed by atoms with Crippen molar-refractivity contribution in [3.8, 4) is 5.75 Å². The second-order valence-corrected chi connectivity index (χ2v) is 4.22. The summed E-state index contributed by atoms with van der Waals surface area (Å²) >= 11 is 0. The van der Waals surface area contributed by atoms with Crippen LogP contribution in [-0.2, 0) is 4.79 Å². The molecule has 2 heterocycles. The van der Waals surface area contributed by atoms with Crippen molar-refractivity contribution in [2.24, 2.45) is 0 Å². The van der Waals surface area contributed by atoms with Crippen molar-refractivity contribution < 1.29 is 14.3 Å². The molecule has 0 spiro atoms. The lowest BCUT2D eigenvalue weighted by atomic mass is 10.1. The van der Waals surface area contributed by atoms with Crippen LogP contribution in [0.15, 0.2) is 42.6 Å². The molecule has 100 valence electrons. The third-order valence-electron chi connectivity index (χ3n) is 2.78. The highest BCUT2D eigenvalue weighted by atomic mass is 16.5. The molecule has 1 aromatic heterocycles. The van der Waals surface area contributed by atoms with Gasteiger partial charge in [-0.05, 0) is 30.3 Å². The molecule has 0 aliphatic carbocycles. The van der Waals surface area contributed by atoms with Crippen LogP contribution in [0.25, 0.3) is 0 Å². The quantitative estimate of drug-likeness (QED) is 0.869. The van der Waals surface area contributed by atoms with Gasteiger partial charge >= 0.3 is 0 Å². The number of aromatic nitrogens is 1. The zero-order chi connectivity index (χ0) is 13.9. The van der Waals surface area contributed by atoms with Gasteiger partial charge in [0.25, 0.3) is 11.8 Å². The van der Waals surface area contributed by atoms with E-state index in [0.29, 0.717) is 22.8 Å². The molecule has 6 heteroatoms. The summed E-state index contributed by atoms with van der Waals surface area (Å²) in [6, 6.07) is 10.1. The summed E-state index contributed by atoms with van der Waals surface area (Å²) in [5.74, 6) is 0.470. The van der Waals surface area contributed by atoms with Crippen LogP contribution >= 0.6 is 0 Å². The molecular weight excluding hydrogens is 258 g/mol. The smallest absolute Gasteiger partial charge is 0.262 e. The van der Waals surface area contributed by atoms with Crippen molar-refractivity contribution in [2.45, 2.75) is 0 Å². The molecule has 0 radical (unpaired) electrons. The van der Waals surface area contributed by atoms with E-state index in [0.717, 1.165) is 0 Å². The first-order valence-corrected chi connectivity index (χ1v) is 6.01. The third kappa shape index (κ3) is 2.44. The molecule has 0 atom stereocenters. The second-order valence-electron chi connectivity index (χ2n) is 4.22. The normalized spacial score (nSPS) is 12.9. The largest absolute Gasteiger partial charge is 0.482 e. The lowest BCUT2D eigenvalue weighted by molar-refractivity contribution is -0.118. The van der Waals surface area contributed by atoms with Crippen molar-refractivity contribution in [3.63, 3.8) is 0 Å². The Morgan fingerprint density at radius 3 is 3.00 bits per heavy atom. The monoisotopic (exact) mass is 269 g/mol. The molecular formula is C14H11N3O3. The lowest BCUT2D eigenvalue weighted by Gasteiger charge is -2.18. The van der Waals surface area contributed by atoms with Crippen LogP contribution in [0.3, 0.4) is 0 Å². The van der Waals surface area contributed by atoms with Gasteiger partial charge in [0, 0.05) is 11.8 Å². The topological polar surface area (TPSA) is 80.3 Å². The van der Waals surface area contributed by atoms with Crippen LogP contribution in [0.4, 0.5) is 11.5 Å². The van der Waals surface area contributed by atoms with Crippen LogP contribution in [0.2, 0.25) is 0 Å². The van der Waals surface area contributed by atoms with E-state index in [4.69, 9.17) is 4.74 Å². The van der Waals surface area contributed by atoms with E-state index in [1.54, 1.807) is 42.6 Å². The Morgan fingerprint density at radius 2 is 2.20 bits per heavy atom. The maximum Gasteiger partial charge on any atom is 0.262 e. The molecule has 0 unspecified atom stereocenters. The number of nitrogens with one attached hydrogen (secondary N) is 2. The average Bonchev–Trinajstić information content (AvgIpc) is 2.47. The van der Waals surface area contributed by atoms with Crippen LogP contribution in [0.1, 0.15) is 10.4 Å². The molecule has 1 aromatic carbocycles. The summed E-state index contributed by atoms with van der Waals surface area (Å²) in [7, 11) is 0. The minimum atomic E-state index is -0.285. The van der Waals surface area contributed by atoms with E-state index in [1.807, 2.05) is 0 Å². The number of fused-ring (bicyclic) bond motifs is 1. The number of rotatable bonds is 2. The van der Waals surface area contributed by atoms with Crippen LogP contribution < -0.4 is 15.4 Å². The maximum atomic E-state index is 12.1. The number of hydrogen-bond donors (Lipinski definition) is 2. The van der Waals surface area contributed by atoms with E-state index in [-0.39, 0.29) is 18.4 Å². The third-order valence-corrected chi connectivity index (χ3v) is 2.78. The molecule has 20 heavy (non-hydrogen) atoms. The average molecular weight is 269 g/mol. The lowest BCUT2D eigenvalue weighted by Crippen LogP contribution is -2.25. The molecule has 2 aromatic rings. The number of pyridine rings is 1. The number of hydrogen-bond acceptors (Lipinski definition) is 4. The van der Waals surface area contributed by atoms with E-state index in [2.05, 4.69) is 15.6 Å². The van der Waals surface area contributed by atoms with Gasteiger partial charge in [0.1, 0.15) is 11.6 Å². The van der Waals surface area contributed by atoms with Gasteiger partial charge in [-0.2, -0.15) is 0 Å². The molecule has 3 rings (SSSR count). The minimum Gasteiger partial charge on any atom is -0.482 e. The SMILES string of the molecule is O=C1COc2cc(C(=O)Nc3ccccn3)ccc2N1. The van der Waals surface area contributed by atoms with Crippen LogP contribution in [-0.4, -0.2) is 23.4 Å². The highest BCUT2D eigenvalue weighted by molar-refractivity contribution is 6.05. The number of carbonyl (C=O) groups excluding carboxylic acids is 2. The Kier molecular flexibility index (Phi) is 3.04. The number of benzene rings is 1. The fourth-order valence-electron chi connectivity index (χ4n) is 1.84. The van der Waals surface area contributed by atoms with E-state index in [9.17, 15) is 9.59 Å². The number of nitrogens with zero attached hydrogens (tertiary/aromatic N) is 1. The van der Waals surface area contributed by atoms with Gasteiger partial charge in [-0.15, -0.1) is 0 Å². The number of carbonyl (C=O) groups is 2. The number of ether oxygens (including phenoxy) is 1. The summed E-state index contributed by atoms with van der Waals surface area (Å²) in [5, 5.41) is 5.35. The predicted molar refractivity (Wildman–Crippen MR) is 72.8 cm³/mol. The van der Waals surface area contributed by atoms with Crippen molar-refractivity contribution >= 4 is 23.3 Å². The molecule has 0 saturated heterocycles. The van der Waals surface area contributed by atoms with Gasteiger partial charge in [-0.1, -0.05) is 6.07 Å². The summed E-state index contributed by atoms with van der Waals surface area (Å²) in [4.78, 5) is 27.3. The number of anilines is 2. The van der Waals surface area contributed by atoms with Gasteiger partial charge in [-0.3, -0.25) is 9.59 Å². The first-order valence-electron chi connectivity index (χ1n) is 6.01. The molecule has 1 aliphatic rings. The van der Waals surface area contributed by atoms with Gasteiger partial charge in [0.2, 0.25) is 0 Å². The van der Waals surface area contributed by atoms with Gasteiger partial charge in [0.15, 0.2) is 6.61 Å². The fraction of sp³-hybridized carbons (Fsp3) is 0.0714. The molecule has 2 amide bonds. The van der Waals surface area contributed by atoms with E-state index in [1.165, 1.54) is 0 Å². The zero-order valence-corrected chi connectivity index (χ0v) is 10.4. The highest BCUT2D eigenvalue weighted by Crippen LogP contribution is 2.28. The van der Waals surface area contributed by atoms with Crippen LogP contribution in [0.5, 0.6) is 5.75 Å². The molecule has 1 aliphatic heterocycles. The highest BCUT2D eigenvalue weighted by Gasteiger charge is 2.17.